The van der Waals surface area contributed by atoms with E-state index in [1.54, 1.807) is 0 Å². The molecule has 0 aliphatic carbocycles. The van der Waals surface area contributed by atoms with Gasteiger partial charge in [0.25, 0.3) is 0 Å². The molecule has 3 N–H and O–H groups in total. The Labute approximate surface area is 89.9 Å². The standard InChI is InChI=1S/C12H17NO2/c1-2-4-11(13)10-6-3-5-9(7-10)8-12(14)15/h3,5-7,11H,2,4,8,13H2,1H3,(H,14,15). The molecule has 0 radical (unpaired) electrons. The SMILES string of the molecule is CCCC(N)c1cccc(CC(=O)O)c1. The van der Waals surface area contributed by atoms with Gasteiger partial charge in [-0.3, -0.25) is 4.79 Å². The molecular weight excluding hydrogens is 190 g/mol. The lowest BCUT2D eigenvalue weighted by Gasteiger charge is -2.11. The third-order valence-electron chi connectivity index (χ3n) is 2.33. The maximum Gasteiger partial charge on any atom is 0.307 e. The normalized spacial score (nSPS) is 12.4. The van der Waals surface area contributed by atoms with Crippen molar-refractivity contribution in [2.45, 2.75) is 32.2 Å². The Morgan fingerprint density at radius 2 is 2.27 bits per heavy atom. The zero-order chi connectivity index (χ0) is 11.3. The first-order chi connectivity index (χ1) is 7.13. The van der Waals surface area contributed by atoms with Crippen molar-refractivity contribution in [2.75, 3.05) is 0 Å². The second-order valence-electron chi connectivity index (χ2n) is 3.71. The Morgan fingerprint density at radius 1 is 1.53 bits per heavy atom. The lowest BCUT2D eigenvalue weighted by atomic mass is 10.00. The van der Waals surface area contributed by atoms with E-state index in [9.17, 15) is 4.79 Å². The van der Waals surface area contributed by atoms with E-state index in [0.29, 0.717) is 0 Å². The molecule has 1 aromatic rings. The van der Waals surface area contributed by atoms with Crippen molar-refractivity contribution in [2.24, 2.45) is 5.73 Å². The highest BCUT2D eigenvalue weighted by atomic mass is 16.4. The van der Waals surface area contributed by atoms with Gasteiger partial charge >= 0.3 is 5.97 Å². The molecule has 0 aliphatic heterocycles. The second-order valence-corrected chi connectivity index (χ2v) is 3.71. The molecule has 0 amide bonds. The number of benzene rings is 1. The van der Waals surface area contributed by atoms with E-state index in [0.717, 1.165) is 24.0 Å². The van der Waals surface area contributed by atoms with Crippen LogP contribution in [0.1, 0.15) is 36.9 Å². The highest BCUT2D eigenvalue weighted by Gasteiger charge is 2.06. The number of aliphatic carboxylic acids is 1. The van der Waals surface area contributed by atoms with Crippen LogP contribution >= 0.6 is 0 Å². The van der Waals surface area contributed by atoms with E-state index in [-0.39, 0.29) is 12.5 Å². The molecule has 82 valence electrons. The quantitative estimate of drug-likeness (QED) is 0.777. The van der Waals surface area contributed by atoms with Crippen LogP contribution in [0.4, 0.5) is 0 Å². The number of carboxylic acids is 1. The average Bonchev–Trinajstić information content (AvgIpc) is 2.17. The summed E-state index contributed by atoms with van der Waals surface area (Å²) in [6.07, 6.45) is 2.02. The van der Waals surface area contributed by atoms with Crippen LogP contribution in [0, 0.1) is 0 Å². The number of hydrogen-bond donors (Lipinski definition) is 2. The van der Waals surface area contributed by atoms with Gasteiger partial charge in [-0.25, -0.2) is 0 Å². The van der Waals surface area contributed by atoms with Crippen LogP contribution < -0.4 is 5.73 Å². The van der Waals surface area contributed by atoms with E-state index in [1.807, 2.05) is 24.3 Å². The van der Waals surface area contributed by atoms with E-state index in [2.05, 4.69) is 6.92 Å². The summed E-state index contributed by atoms with van der Waals surface area (Å²) in [4.78, 5) is 10.5. The first-order valence-corrected chi connectivity index (χ1v) is 5.19. The predicted octanol–water partition coefficient (Wildman–Crippen LogP) is 2.11. The maximum atomic E-state index is 10.5. The number of rotatable bonds is 5. The van der Waals surface area contributed by atoms with Crippen LogP contribution in [-0.2, 0) is 11.2 Å². The fourth-order valence-electron chi connectivity index (χ4n) is 1.59. The smallest absolute Gasteiger partial charge is 0.307 e. The lowest BCUT2D eigenvalue weighted by molar-refractivity contribution is -0.136. The maximum absolute atomic E-state index is 10.5. The summed E-state index contributed by atoms with van der Waals surface area (Å²) in [5.41, 5.74) is 7.79. The fraction of sp³-hybridized carbons (Fsp3) is 0.417. The van der Waals surface area contributed by atoms with Crippen LogP contribution in [0.3, 0.4) is 0 Å². The third-order valence-corrected chi connectivity index (χ3v) is 2.33. The summed E-state index contributed by atoms with van der Waals surface area (Å²) in [5, 5.41) is 8.67. The lowest BCUT2D eigenvalue weighted by Crippen LogP contribution is -2.10. The van der Waals surface area contributed by atoms with Crippen LogP contribution in [0.2, 0.25) is 0 Å². The van der Waals surface area contributed by atoms with Crippen molar-refractivity contribution < 1.29 is 9.90 Å². The van der Waals surface area contributed by atoms with Crippen LogP contribution in [-0.4, -0.2) is 11.1 Å². The van der Waals surface area contributed by atoms with Crippen molar-refractivity contribution in [3.05, 3.63) is 35.4 Å². The highest BCUT2D eigenvalue weighted by Crippen LogP contribution is 2.17. The molecular formula is C12H17NO2. The molecule has 1 atom stereocenters. The van der Waals surface area contributed by atoms with E-state index in [4.69, 9.17) is 10.8 Å². The first kappa shape index (κ1) is 11.7. The summed E-state index contributed by atoms with van der Waals surface area (Å²) in [7, 11) is 0. The topological polar surface area (TPSA) is 63.3 Å². The van der Waals surface area contributed by atoms with Gasteiger partial charge in [0.05, 0.1) is 6.42 Å². The summed E-state index contributed by atoms with van der Waals surface area (Å²) in [6, 6.07) is 7.53. The van der Waals surface area contributed by atoms with E-state index in [1.165, 1.54) is 0 Å². The molecule has 1 rings (SSSR count). The van der Waals surface area contributed by atoms with Gasteiger partial charge in [-0.2, -0.15) is 0 Å². The minimum atomic E-state index is -0.809. The summed E-state index contributed by atoms with van der Waals surface area (Å²) >= 11 is 0. The van der Waals surface area contributed by atoms with Crippen molar-refractivity contribution in [1.29, 1.82) is 0 Å². The van der Waals surface area contributed by atoms with E-state index >= 15 is 0 Å². The van der Waals surface area contributed by atoms with Gasteiger partial charge in [0.2, 0.25) is 0 Å². The second kappa shape index (κ2) is 5.51. The average molecular weight is 207 g/mol. The zero-order valence-electron chi connectivity index (χ0n) is 8.94. The van der Waals surface area contributed by atoms with Gasteiger partial charge in [0, 0.05) is 6.04 Å². The van der Waals surface area contributed by atoms with Gasteiger partial charge in [-0.1, -0.05) is 37.6 Å². The minimum Gasteiger partial charge on any atom is -0.481 e. The molecule has 0 fully saturated rings. The molecule has 15 heavy (non-hydrogen) atoms. The van der Waals surface area contributed by atoms with Gasteiger partial charge in [0.15, 0.2) is 0 Å². The van der Waals surface area contributed by atoms with Crippen molar-refractivity contribution in [3.63, 3.8) is 0 Å². The monoisotopic (exact) mass is 207 g/mol. The van der Waals surface area contributed by atoms with Gasteiger partial charge in [-0.05, 0) is 17.5 Å². The third kappa shape index (κ3) is 3.72. The number of hydrogen-bond acceptors (Lipinski definition) is 2. The van der Waals surface area contributed by atoms with Crippen LogP contribution in [0.25, 0.3) is 0 Å². The van der Waals surface area contributed by atoms with E-state index < -0.39 is 5.97 Å². The van der Waals surface area contributed by atoms with Gasteiger partial charge in [-0.15, -0.1) is 0 Å². The molecule has 1 unspecified atom stereocenters. The molecule has 3 heteroatoms. The number of carboxylic acid groups (broad SMARTS) is 1. The van der Waals surface area contributed by atoms with Crippen LogP contribution in [0.5, 0.6) is 0 Å². The molecule has 0 saturated heterocycles. The number of carbonyl (C=O) groups is 1. The Morgan fingerprint density at radius 3 is 2.87 bits per heavy atom. The molecule has 1 aromatic carbocycles. The zero-order valence-corrected chi connectivity index (χ0v) is 8.94. The van der Waals surface area contributed by atoms with Gasteiger partial charge in [0.1, 0.15) is 0 Å². The summed E-state index contributed by atoms with van der Waals surface area (Å²) in [6.45, 7) is 2.08. The Kier molecular flexibility index (Phi) is 4.31. The molecule has 0 saturated carbocycles. The Bertz CT molecular complexity index is 336. The molecule has 0 aromatic heterocycles. The van der Waals surface area contributed by atoms with Crippen molar-refractivity contribution in [3.8, 4) is 0 Å². The molecule has 0 heterocycles. The molecule has 0 spiro atoms. The first-order valence-electron chi connectivity index (χ1n) is 5.19. The summed E-state index contributed by atoms with van der Waals surface area (Å²) < 4.78 is 0. The largest absolute Gasteiger partial charge is 0.481 e. The van der Waals surface area contributed by atoms with Gasteiger partial charge < -0.3 is 10.8 Å². The fourth-order valence-corrected chi connectivity index (χ4v) is 1.59. The minimum absolute atomic E-state index is 0.0174. The molecule has 0 aliphatic rings. The van der Waals surface area contributed by atoms with Crippen molar-refractivity contribution >= 4 is 5.97 Å². The Balaban J connectivity index is 2.77. The summed E-state index contributed by atoms with van der Waals surface area (Å²) in [5.74, 6) is -0.809. The van der Waals surface area contributed by atoms with Crippen LogP contribution in [0.15, 0.2) is 24.3 Å². The van der Waals surface area contributed by atoms with Crippen molar-refractivity contribution in [1.82, 2.24) is 0 Å². The number of nitrogens with two attached hydrogens (primary N) is 1. The Hall–Kier alpha value is -1.35. The highest BCUT2D eigenvalue weighted by molar-refractivity contribution is 5.70. The predicted molar refractivity (Wildman–Crippen MR) is 59.6 cm³/mol. The molecule has 3 nitrogen and oxygen atoms in total. The molecule has 0 bridgehead atoms.